The molecule has 10 heteroatoms. The van der Waals surface area contributed by atoms with E-state index in [0.717, 1.165) is 48.2 Å². The fourth-order valence-electron chi connectivity index (χ4n) is 4.20. The molecule has 1 aliphatic heterocycles. The molecular weight excluding hydrogens is 401 g/mol. The van der Waals surface area contributed by atoms with E-state index in [2.05, 4.69) is 20.4 Å². The van der Waals surface area contributed by atoms with E-state index < -0.39 is 11.7 Å². The van der Waals surface area contributed by atoms with Gasteiger partial charge in [-0.2, -0.15) is 0 Å². The molecule has 9 nitrogen and oxygen atoms in total. The normalized spacial score (nSPS) is 17.1. The summed E-state index contributed by atoms with van der Waals surface area (Å²) in [6.45, 7) is 1.43. The largest absolute Gasteiger partial charge is 0.381 e. The van der Waals surface area contributed by atoms with Crippen molar-refractivity contribution in [3.05, 3.63) is 47.8 Å². The summed E-state index contributed by atoms with van der Waals surface area (Å²) < 4.78 is 14.6. The summed E-state index contributed by atoms with van der Waals surface area (Å²) in [5, 5.41) is 6.84. The molecule has 0 bridgehead atoms. The molecule has 0 atom stereocenters. The van der Waals surface area contributed by atoms with Crippen molar-refractivity contribution in [2.24, 2.45) is 5.92 Å². The lowest BCUT2D eigenvalue weighted by Crippen LogP contribution is -2.38. The number of halogens is 1. The van der Waals surface area contributed by atoms with E-state index in [9.17, 15) is 14.0 Å². The summed E-state index contributed by atoms with van der Waals surface area (Å²) in [6.07, 6.45) is 9.09. The number of nitrogens with two attached hydrogens (primary N) is 1. The van der Waals surface area contributed by atoms with Gasteiger partial charge in [-0.25, -0.2) is 13.9 Å². The van der Waals surface area contributed by atoms with Crippen LogP contribution < -0.4 is 11.1 Å². The quantitative estimate of drug-likeness (QED) is 0.664. The van der Waals surface area contributed by atoms with E-state index in [-0.39, 0.29) is 34.8 Å². The Kier molecular flexibility index (Phi) is 4.76. The number of pyridine rings is 1. The Labute approximate surface area is 177 Å². The molecule has 0 aromatic carbocycles. The summed E-state index contributed by atoms with van der Waals surface area (Å²) in [4.78, 5) is 35.4. The van der Waals surface area contributed by atoms with Gasteiger partial charge in [0, 0.05) is 25.2 Å². The number of carbonyl (C=O) groups is 2. The third kappa shape index (κ3) is 3.69. The molecular formula is C21H22FN7O2. The molecule has 2 amide bonds. The average molecular weight is 423 g/mol. The van der Waals surface area contributed by atoms with E-state index in [1.54, 1.807) is 12.4 Å². The minimum absolute atomic E-state index is 0.0343. The van der Waals surface area contributed by atoms with E-state index >= 15 is 0 Å². The number of nitrogens with one attached hydrogen (secondary N) is 1. The Hall–Kier alpha value is -3.56. The summed E-state index contributed by atoms with van der Waals surface area (Å²) in [6, 6.07) is 1.89. The second kappa shape index (κ2) is 7.60. The molecule has 31 heavy (non-hydrogen) atoms. The monoisotopic (exact) mass is 423 g/mol. The predicted octanol–water partition coefficient (Wildman–Crippen LogP) is 2.21. The number of fused-ring (bicyclic) bond motifs is 1. The molecule has 0 radical (unpaired) electrons. The van der Waals surface area contributed by atoms with Crippen molar-refractivity contribution in [3.8, 4) is 0 Å². The fourth-order valence-corrected chi connectivity index (χ4v) is 4.20. The summed E-state index contributed by atoms with van der Waals surface area (Å²) in [5.74, 6) is -0.395. The predicted molar refractivity (Wildman–Crippen MR) is 111 cm³/mol. The molecule has 1 saturated carbocycles. The average Bonchev–Trinajstić information content (AvgIpc) is 3.56. The van der Waals surface area contributed by atoms with Gasteiger partial charge in [-0.1, -0.05) is 0 Å². The molecule has 1 saturated heterocycles. The van der Waals surface area contributed by atoms with Crippen molar-refractivity contribution in [2.75, 3.05) is 24.1 Å². The van der Waals surface area contributed by atoms with Crippen molar-refractivity contribution < 1.29 is 14.0 Å². The Bertz CT molecular complexity index is 1170. The molecule has 4 heterocycles. The van der Waals surface area contributed by atoms with Crippen molar-refractivity contribution >= 4 is 29.0 Å². The third-order valence-electron chi connectivity index (χ3n) is 5.97. The number of anilines is 2. The number of likely N-dealkylation sites (tertiary alicyclic amines) is 1. The van der Waals surface area contributed by atoms with Gasteiger partial charge in [-0.15, -0.1) is 5.10 Å². The lowest BCUT2D eigenvalue weighted by atomic mass is 9.88. The van der Waals surface area contributed by atoms with Gasteiger partial charge in [0.1, 0.15) is 5.56 Å². The van der Waals surface area contributed by atoms with E-state index in [4.69, 9.17) is 5.73 Å². The third-order valence-corrected chi connectivity index (χ3v) is 5.97. The Morgan fingerprint density at radius 1 is 1.16 bits per heavy atom. The number of nitrogens with zero attached hydrogens (tertiary/aromatic N) is 5. The van der Waals surface area contributed by atoms with Crippen LogP contribution >= 0.6 is 0 Å². The van der Waals surface area contributed by atoms with Gasteiger partial charge in [-0.3, -0.25) is 14.6 Å². The highest BCUT2D eigenvalue weighted by molar-refractivity contribution is 6.11. The Balaban J connectivity index is 1.35. The number of rotatable bonds is 4. The van der Waals surface area contributed by atoms with Crippen LogP contribution in [0, 0.1) is 11.7 Å². The molecule has 1 aliphatic carbocycles. The van der Waals surface area contributed by atoms with E-state index in [1.165, 1.54) is 0 Å². The molecule has 160 valence electrons. The van der Waals surface area contributed by atoms with Crippen LogP contribution in [0.25, 0.3) is 5.65 Å². The number of hydrogen-bond acceptors (Lipinski definition) is 6. The van der Waals surface area contributed by atoms with Crippen LogP contribution in [0.3, 0.4) is 0 Å². The van der Waals surface area contributed by atoms with Gasteiger partial charge >= 0.3 is 0 Å². The van der Waals surface area contributed by atoms with Crippen LogP contribution in [0.5, 0.6) is 0 Å². The first kappa shape index (κ1) is 19.4. The van der Waals surface area contributed by atoms with Gasteiger partial charge in [-0.05, 0) is 43.2 Å². The standard InChI is InChI=1S/C21H22FN7O2/c22-14-9-25-19-17(18(23)27-29(19)11-14)20(30)26-16-10-24-6-3-15(16)12-4-7-28(8-5-12)21(31)13-1-2-13/h3,6,9-13H,1-2,4-5,7-8H2,(H2,23,27)(H,26,30). The van der Waals surface area contributed by atoms with Crippen LogP contribution in [-0.2, 0) is 4.79 Å². The molecule has 2 fully saturated rings. The van der Waals surface area contributed by atoms with Crippen LogP contribution in [0.4, 0.5) is 15.9 Å². The zero-order chi connectivity index (χ0) is 21.5. The van der Waals surface area contributed by atoms with Crippen LogP contribution in [-0.4, -0.2) is 49.4 Å². The van der Waals surface area contributed by atoms with Crippen molar-refractivity contribution in [3.63, 3.8) is 0 Å². The SMILES string of the molecule is Nc1nn2cc(F)cnc2c1C(=O)Nc1cnccc1C1CCN(C(=O)C2CC2)CC1. The van der Waals surface area contributed by atoms with E-state index in [0.29, 0.717) is 18.8 Å². The summed E-state index contributed by atoms with van der Waals surface area (Å²) >= 11 is 0. The Morgan fingerprint density at radius 2 is 1.94 bits per heavy atom. The van der Waals surface area contributed by atoms with Gasteiger partial charge in [0.15, 0.2) is 17.3 Å². The number of aromatic nitrogens is 4. The topological polar surface area (TPSA) is 119 Å². The maximum absolute atomic E-state index is 13.4. The Morgan fingerprint density at radius 3 is 2.68 bits per heavy atom. The smallest absolute Gasteiger partial charge is 0.263 e. The molecule has 5 rings (SSSR count). The van der Waals surface area contributed by atoms with Crippen molar-refractivity contribution in [1.29, 1.82) is 0 Å². The molecule has 3 aromatic rings. The van der Waals surface area contributed by atoms with Gasteiger partial charge in [0.05, 0.1) is 24.3 Å². The van der Waals surface area contributed by atoms with Crippen LogP contribution in [0.1, 0.15) is 47.5 Å². The highest BCUT2D eigenvalue weighted by Crippen LogP contribution is 2.36. The van der Waals surface area contributed by atoms with Crippen molar-refractivity contribution in [2.45, 2.75) is 31.6 Å². The molecule has 3 aromatic heterocycles. The first-order valence-electron chi connectivity index (χ1n) is 10.3. The van der Waals surface area contributed by atoms with Crippen LogP contribution in [0.2, 0.25) is 0 Å². The van der Waals surface area contributed by atoms with Gasteiger partial charge in [0.2, 0.25) is 5.91 Å². The molecule has 0 unspecified atom stereocenters. The number of carbonyl (C=O) groups excluding carboxylic acids is 2. The number of nitrogen functional groups attached to an aromatic ring is 1. The second-order valence-corrected chi connectivity index (χ2v) is 8.09. The summed E-state index contributed by atoms with van der Waals surface area (Å²) in [7, 11) is 0. The zero-order valence-corrected chi connectivity index (χ0v) is 16.8. The fraction of sp³-hybridized carbons (Fsp3) is 0.381. The van der Waals surface area contributed by atoms with Gasteiger partial charge < -0.3 is 16.0 Å². The molecule has 2 aliphatic rings. The highest BCUT2D eigenvalue weighted by Gasteiger charge is 2.35. The molecule has 3 N–H and O–H groups in total. The van der Waals surface area contributed by atoms with Crippen LogP contribution in [0.15, 0.2) is 30.9 Å². The highest BCUT2D eigenvalue weighted by atomic mass is 19.1. The van der Waals surface area contributed by atoms with Crippen molar-refractivity contribution in [1.82, 2.24) is 24.5 Å². The first-order valence-corrected chi connectivity index (χ1v) is 10.3. The second-order valence-electron chi connectivity index (χ2n) is 8.09. The maximum atomic E-state index is 13.4. The van der Waals surface area contributed by atoms with E-state index in [1.807, 2.05) is 11.0 Å². The zero-order valence-electron chi connectivity index (χ0n) is 16.8. The summed E-state index contributed by atoms with van der Waals surface area (Å²) in [5.41, 5.74) is 7.71. The maximum Gasteiger partial charge on any atom is 0.263 e. The number of piperidine rings is 1. The lowest BCUT2D eigenvalue weighted by molar-refractivity contribution is -0.133. The molecule has 0 spiro atoms. The first-order chi connectivity index (χ1) is 15.0. The number of amides is 2. The number of hydrogen-bond donors (Lipinski definition) is 2. The minimum Gasteiger partial charge on any atom is -0.381 e. The minimum atomic E-state index is -0.581. The van der Waals surface area contributed by atoms with Gasteiger partial charge in [0.25, 0.3) is 5.91 Å². The lowest BCUT2D eigenvalue weighted by Gasteiger charge is -2.33.